The maximum atomic E-state index is 13.9. The number of hydrogen-bond donors (Lipinski definition) is 1. The summed E-state index contributed by atoms with van der Waals surface area (Å²) in [6, 6.07) is 16.8. The van der Waals surface area contributed by atoms with E-state index in [-0.39, 0.29) is 22.7 Å². The van der Waals surface area contributed by atoms with E-state index in [4.69, 9.17) is 17.0 Å². The van der Waals surface area contributed by atoms with Gasteiger partial charge in [0.15, 0.2) is 5.11 Å². The average Bonchev–Trinajstić information content (AvgIpc) is 3.74. The number of aromatic nitrogens is 1. The number of hydrogen-bond acceptors (Lipinski definition) is 8. The van der Waals surface area contributed by atoms with Crippen LogP contribution in [-0.4, -0.2) is 95.1 Å². The van der Waals surface area contributed by atoms with E-state index in [1.165, 1.54) is 11.0 Å². The fourth-order valence-electron chi connectivity index (χ4n) is 7.86. The van der Waals surface area contributed by atoms with Gasteiger partial charge in [-0.15, -0.1) is 0 Å². The molecular formula is C44H49F3N8O5S. The molecule has 0 radical (unpaired) electrons. The Morgan fingerprint density at radius 1 is 1.02 bits per heavy atom. The summed E-state index contributed by atoms with van der Waals surface area (Å²) in [6.07, 6.45) is -0.177. The number of piperazine rings is 1. The van der Waals surface area contributed by atoms with Crippen molar-refractivity contribution in [2.45, 2.75) is 71.6 Å². The van der Waals surface area contributed by atoms with E-state index in [0.29, 0.717) is 74.8 Å². The summed E-state index contributed by atoms with van der Waals surface area (Å²) in [5.41, 5.74) is -0.518. The second-order valence-corrected chi connectivity index (χ2v) is 16.2. The third-order valence-corrected chi connectivity index (χ3v) is 11.4. The molecule has 6 rings (SSSR count). The third-order valence-electron chi connectivity index (χ3n) is 11.0. The van der Waals surface area contributed by atoms with E-state index in [2.05, 4.69) is 28.6 Å². The first-order valence-electron chi connectivity index (χ1n) is 20.2. The number of carbonyl (C=O) groups excluding carboxylic acids is 4. The quantitative estimate of drug-likeness (QED) is 0.0769. The number of imide groups is 1. The van der Waals surface area contributed by atoms with Crippen molar-refractivity contribution in [2.24, 2.45) is 0 Å². The molecule has 17 heteroatoms. The van der Waals surface area contributed by atoms with Gasteiger partial charge in [0.2, 0.25) is 6.41 Å². The highest BCUT2D eigenvalue weighted by atomic mass is 32.1. The van der Waals surface area contributed by atoms with Gasteiger partial charge in [-0.3, -0.25) is 34.4 Å². The molecule has 322 valence electrons. The lowest BCUT2D eigenvalue weighted by Gasteiger charge is -2.35. The van der Waals surface area contributed by atoms with E-state index in [9.17, 15) is 37.6 Å². The number of unbranched alkanes of at least 4 members (excludes halogenated alkanes) is 1. The van der Waals surface area contributed by atoms with E-state index < -0.39 is 34.8 Å². The number of nitrogens with zero attached hydrogens (tertiary/aromatic N) is 7. The Hall–Kier alpha value is -5.99. The van der Waals surface area contributed by atoms with E-state index in [1.54, 1.807) is 55.1 Å². The number of fused-ring (bicyclic) bond motifs is 1. The zero-order chi connectivity index (χ0) is 44.2. The molecule has 0 saturated carbocycles. The highest BCUT2D eigenvalue weighted by Crippen LogP contribution is 2.40. The summed E-state index contributed by atoms with van der Waals surface area (Å²) in [6.45, 7) is 13.5. The van der Waals surface area contributed by atoms with Gasteiger partial charge < -0.3 is 19.1 Å². The van der Waals surface area contributed by atoms with Crippen molar-refractivity contribution in [1.29, 1.82) is 5.26 Å². The van der Waals surface area contributed by atoms with Crippen LogP contribution in [0.4, 0.5) is 35.0 Å². The number of urea groups is 1. The summed E-state index contributed by atoms with van der Waals surface area (Å²) in [7, 11) is 0. The van der Waals surface area contributed by atoms with Crippen molar-refractivity contribution < 1.29 is 37.1 Å². The molecule has 4 aromatic rings. The first-order valence-corrected chi connectivity index (χ1v) is 20.6. The Balaban J connectivity index is 1.01. The molecule has 13 nitrogen and oxygen atoms in total. The van der Waals surface area contributed by atoms with Crippen molar-refractivity contribution in [3.05, 3.63) is 83.6 Å². The molecule has 0 atom stereocenters. The van der Waals surface area contributed by atoms with Gasteiger partial charge in [-0.05, 0) is 126 Å². The van der Waals surface area contributed by atoms with Crippen LogP contribution < -0.4 is 24.8 Å². The average molecular weight is 859 g/mol. The summed E-state index contributed by atoms with van der Waals surface area (Å²) >= 11 is 5.64. The fourth-order valence-corrected chi connectivity index (χ4v) is 8.38. The molecule has 0 unspecified atom stereocenters. The van der Waals surface area contributed by atoms with Crippen LogP contribution in [0.25, 0.3) is 10.9 Å². The molecule has 61 heavy (non-hydrogen) atoms. The topological polar surface area (TPSA) is 134 Å². The minimum atomic E-state index is -4.79. The molecule has 1 aromatic heterocycles. The number of thiocarbonyl (C=S) groups is 1. The Morgan fingerprint density at radius 2 is 1.70 bits per heavy atom. The van der Waals surface area contributed by atoms with Gasteiger partial charge in [0, 0.05) is 61.6 Å². The molecule has 3 heterocycles. The van der Waals surface area contributed by atoms with E-state index >= 15 is 0 Å². The number of benzene rings is 3. The van der Waals surface area contributed by atoms with Gasteiger partial charge in [-0.2, -0.15) is 18.4 Å². The molecule has 0 spiro atoms. The van der Waals surface area contributed by atoms with Gasteiger partial charge in [-0.1, -0.05) is 6.92 Å². The van der Waals surface area contributed by atoms with E-state index in [0.717, 1.165) is 47.3 Å². The minimum Gasteiger partial charge on any atom is -0.494 e. The van der Waals surface area contributed by atoms with Crippen molar-refractivity contribution in [2.75, 3.05) is 60.6 Å². The number of nitrogens with one attached hydrogen (secondary N) is 1. The second kappa shape index (κ2) is 18.3. The van der Waals surface area contributed by atoms with Crippen LogP contribution >= 0.6 is 12.2 Å². The predicted octanol–water partition coefficient (Wildman–Crippen LogP) is 7.73. The number of nitriles is 1. The third kappa shape index (κ3) is 9.20. The second-order valence-electron chi connectivity index (χ2n) is 15.8. The van der Waals surface area contributed by atoms with Crippen molar-refractivity contribution >= 4 is 69.6 Å². The van der Waals surface area contributed by atoms with Crippen LogP contribution in [0, 0.1) is 11.3 Å². The largest absolute Gasteiger partial charge is 0.494 e. The SMILES string of the molecule is CCCN(C(=O)NC=O)c1cc(C(=O)N2CCN(CCCCOc3ccc(N4C(=S)N(c5ccc(C#N)c(C(F)(F)F)c5)C(=O)C4(C)C)cc3)CC2)cc2c1ccn2C(C)C. The van der Waals surface area contributed by atoms with Crippen molar-refractivity contribution in [3.63, 3.8) is 0 Å². The molecule has 2 saturated heterocycles. The number of ether oxygens (including phenoxy) is 1. The molecule has 1 N–H and O–H groups in total. The normalized spacial score (nSPS) is 15.7. The van der Waals surface area contributed by atoms with Crippen LogP contribution in [0.3, 0.4) is 0 Å². The predicted molar refractivity (Wildman–Crippen MR) is 231 cm³/mol. The molecule has 3 aromatic carbocycles. The Labute approximate surface area is 358 Å². The summed E-state index contributed by atoms with van der Waals surface area (Å²) in [5.74, 6) is -0.0182. The van der Waals surface area contributed by atoms with Gasteiger partial charge in [-0.25, -0.2) is 4.79 Å². The van der Waals surface area contributed by atoms with Crippen LogP contribution in [0.15, 0.2) is 66.9 Å². The smallest absolute Gasteiger partial charge is 0.417 e. The molecule has 0 bridgehead atoms. The zero-order valence-electron chi connectivity index (χ0n) is 34.8. The Kier molecular flexibility index (Phi) is 13.4. The number of halogens is 3. The Bertz CT molecular complexity index is 2350. The number of amides is 5. The molecule has 2 aliphatic rings. The summed E-state index contributed by atoms with van der Waals surface area (Å²) in [5, 5.41) is 12.3. The highest BCUT2D eigenvalue weighted by molar-refractivity contribution is 7.81. The van der Waals surface area contributed by atoms with Crippen LogP contribution in [0.5, 0.6) is 5.75 Å². The lowest BCUT2D eigenvalue weighted by atomic mass is 10.0. The molecular weight excluding hydrogens is 810 g/mol. The summed E-state index contributed by atoms with van der Waals surface area (Å²) in [4.78, 5) is 59.9. The van der Waals surface area contributed by atoms with Gasteiger partial charge in [0.25, 0.3) is 11.8 Å². The first-order chi connectivity index (χ1) is 29.0. The molecule has 2 aliphatic heterocycles. The monoisotopic (exact) mass is 858 g/mol. The van der Waals surface area contributed by atoms with E-state index in [1.807, 2.05) is 30.2 Å². The van der Waals surface area contributed by atoms with Crippen LogP contribution in [-0.2, 0) is 15.8 Å². The Morgan fingerprint density at radius 3 is 2.33 bits per heavy atom. The van der Waals surface area contributed by atoms with Crippen LogP contribution in [0.2, 0.25) is 0 Å². The molecule has 0 aliphatic carbocycles. The lowest BCUT2D eigenvalue weighted by Crippen LogP contribution is -2.49. The minimum absolute atomic E-state index is 0.0104. The van der Waals surface area contributed by atoms with Gasteiger partial charge in [0.1, 0.15) is 11.3 Å². The van der Waals surface area contributed by atoms with Crippen molar-refractivity contribution in [1.82, 2.24) is 19.7 Å². The maximum Gasteiger partial charge on any atom is 0.417 e. The lowest BCUT2D eigenvalue weighted by molar-refractivity contribution is -0.137. The highest BCUT2D eigenvalue weighted by Gasteiger charge is 2.50. The first kappa shape index (κ1) is 44.6. The van der Waals surface area contributed by atoms with Crippen molar-refractivity contribution in [3.8, 4) is 11.8 Å². The zero-order valence-corrected chi connectivity index (χ0v) is 35.6. The fraction of sp³-hybridized carbons (Fsp3) is 0.409. The summed E-state index contributed by atoms with van der Waals surface area (Å²) < 4.78 is 49.2. The van der Waals surface area contributed by atoms with Gasteiger partial charge >= 0.3 is 12.2 Å². The number of rotatable bonds is 14. The number of alkyl halides is 3. The molecule has 5 amide bonds. The van der Waals surface area contributed by atoms with Crippen LogP contribution in [0.1, 0.15) is 81.4 Å². The van der Waals surface area contributed by atoms with Gasteiger partial charge in [0.05, 0.1) is 40.7 Å². The molecule has 2 fully saturated rings. The number of anilines is 3. The standard InChI is InChI=1S/C44H49F3N8O5S/c1-6-16-53(41(59)49-28-56)38-25-31(24-37-35(38)15-18-52(37)29(2)3)39(57)51-21-19-50(20-22-51)17-7-8-23-60-34-13-11-32(12-14-34)55-42(61)54(40(58)43(55,4)5)33-10-9-30(27-48)36(26-33)44(45,46)47/h9-15,18,24-26,28-29H,6-8,16-17,19-23H2,1-5H3,(H,49,56,59). The number of carbonyl (C=O) groups is 4. The maximum absolute atomic E-state index is 13.9.